The highest BCUT2D eigenvalue weighted by Gasteiger charge is 2.32. The Morgan fingerprint density at radius 3 is 2.70 bits per heavy atom. The van der Waals surface area contributed by atoms with Gasteiger partial charge in [-0.15, -0.1) is 21.5 Å². The van der Waals surface area contributed by atoms with Crippen LogP contribution in [-0.4, -0.2) is 26.4 Å². The average molecular weight is 538 g/mol. The maximum Gasteiger partial charge on any atom is 0.235 e. The fourth-order valence-corrected chi connectivity index (χ4v) is 6.70. The minimum atomic E-state index is -0.291. The molecule has 0 saturated carbocycles. The molecule has 2 aromatic heterocycles. The molecule has 0 radical (unpaired) electrons. The number of carbonyl (C=O) groups is 1. The summed E-state index contributed by atoms with van der Waals surface area (Å²) in [5, 5.41) is 22.7. The van der Waals surface area contributed by atoms with Crippen molar-refractivity contribution in [3.63, 3.8) is 0 Å². The molecule has 37 heavy (non-hydrogen) atoms. The van der Waals surface area contributed by atoms with Gasteiger partial charge in [-0.25, -0.2) is 0 Å². The number of nitrogens with one attached hydrogen (secondary N) is 1. The number of aromatic nitrogens is 3. The van der Waals surface area contributed by atoms with Gasteiger partial charge in [0.05, 0.1) is 11.3 Å². The molecular formula is C28H35N5O2S2. The molecule has 2 atom stereocenters. The van der Waals surface area contributed by atoms with E-state index >= 15 is 0 Å². The predicted molar refractivity (Wildman–Crippen MR) is 149 cm³/mol. The number of amides is 1. The lowest BCUT2D eigenvalue weighted by atomic mass is 9.72. The number of thiophene rings is 1. The third-order valence-corrected chi connectivity index (χ3v) is 9.25. The summed E-state index contributed by atoms with van der Waals surface area (Å²) in [5.41, 5.74) is 3.23. The second-order valence-corrected chi connectivity index (χ2v) is 12.7. The van der Waals surface area contributed by atoms with E-state index in [2.05, 4.69) is 61.4 Å². The monoisotopic (exact) mass is 537 g/mol. The summed E-state index contributed by atoms with van der Waals surface area (Å²) in [4.78, 5) is 14.1. The minimum Gasteiger partial charge on any atom is -0.483 e. The Kier molecular flexibility index (Phi) is 8.29. The lowest BCUT2D eigenvalue weighted by Gasteiger charge is -2.33. The molecule has 1 N–H and O–H groups in total. The lowest BCUT2D eigenvalue weighted by molar-refractivity contribution is -0.113. The first-order valence-electron chi connectivity index (χ1n) is 12.7. The Hall–Kier alpha value is -2.83. The number of thioether (sulfide) groups is 1. The van der Waals surface area contributed by atoms with Crippen molar-refractivity contribution in [1.29, 1.82) is 5.26 Å². The highest BCUT2D eigenvalue weighted by molar-refractivity contribution is 7.99. The molecule has 0 unspecified atom stereocenters. The first kappa shape index (κ1) is 27.2. The number of ether oxygens (including phenoxy) is 1. The topological polar surface area (TPSA) is 92.8 Å². The van der Waals surface area contributed by atoms with E-state index < -0.39 is 0 Å². The molecule has 1 aliphatic rings. The Morgan fingerprint density at radius 1 is 1.32 bits per heavy atom. The van der Waals surface area contributed by atoms with Crippen LogP contribution in [0.25, 0.3) is 0 Å². The molecule has 0 fully saturated rings. The number of hydrogen-bond donors (Lipinski definition) is 1. The average Bonchev–Trinajstić information content (AvgIpc) is 3.41. The Labute approximate surface area is 227 Å². The fourth-order valence-electron chi connectivity index (χ4n) is 4.69. The third kappa shape index (κ3) is 6.19. The van der Waals surface area contributed by atoms with Crippen LogP contribution < -0.4 is 10.1 Å². The number of hydrogen-bond acceptors (Lipinski definition) is 7. The van der Waals surface area contributed by atoms with Gasteiger partial charge in [-0.2, -0.15) is 5.26 Å². The zero-order valence-electron chi connectivity index (χ0n) is 22.4. The van der Waals surface area contributed by atoms with Crippen LogP contribution in [0.4, 0.5) is 5.00 Å². The van der Waals surface area contributed by atoms with Gasteiger partial charge in [-0.3, -0.25) is 4.79 Å². The third-order valence-electron chi connectivity index (χ3n) is 7.06. The summed E-state index contributed by atoms with van der Waals surface area (Å²) in [6.45, 7) is 10.9. The van der Waals surface area contributed by atoms with E-state index in [1.54, 1.807) is 11.3 Å². The van der Waals surface area contributed by atoms with Gasteiger partial charge in [0, 0.05) is 11.9 Å². The molecule has 0 aliphatic heterocycles. The number of rotatable bonds is 8. The van der Waals surface area contributed by atoms with Crippen LogP contribution in [0.1, 0.15) is 74.5 Å². The van der Waals surface area contributed by atoms with Crippen molar-refractivity contribution in [3.05, 3.63) is 51.7 Å². The maximum absolute atomic E-state index is 12.8. The van der Waals surface area contributed by atoms with E-state index in [-0.39, 0.29) is 23.2 Å². The van der Waals surface area contributed by atoms with E-state index in [1.165, 1.54) is 22.2 Å². The molecule has 1 aromatic carbocycles. The number of anilines is 1. The van der Waals surface area contributed by atoms with Gasteiger partial charge >= 0.3 is 0 Å². The quantitative estimate of drug-likeness (QED) is 0.337. The number of nitriles is 1. The standard InChI is InChI=1S/C28H35N5O2S2/c1-7-18-8-11-20(12-9-18)35-17(2)25-31-32-27(33(25)6)36-16-24(34)30-26-22(15-29)21-13-10-19(28(3,4)5)14-23(21)37-26/h8-9,11-12,17,19H,7,10,13-14,16H2,1-6H3,(H,30,34)/t17-,19-/m0/s1. The Bertz CT molecular complexity index is 1300. The summed E-state index contributed by atoms with van der Waals surface area (Å²) in [7, 11) is 1.88. The largest absolute Gasteiger partial charge is 0.483 e. The molecular weight excluding hydrogens is 502 g/mol. The second-order valence-electron chi connectivity index (χ2n) is 10.6. The zero-order valence-corrected chi connectivity index (χ0v) is 24.1. The van der Waals surface area contributed by atoms with Crippen molar-refractivity contribution in [2.24, 2.45) is 18.4 Å². The first-order valence-corrected chi connectivity index (χ1v) is 14.5. The summed E-state index contributed by atoms with van der Waals surface area (Å²) in [6, 6.07) is 10.4. The van der Waals surface area contributed by atoms with Gasteiger partial charge in [0.15, 0.2) is 17.1 Å². The predicted octanol–water partition coefficient (Wildman–Crippen LogP) is 6.33. The molecule has 0 bridgehead atoms. The highest BCUT2D eigenvalue weighted by atomic mass is 32.2. The maximum atomic E-state index is 12.8. The molecule has 0 saturated heterocycles. The van der Waals surface area contributed by atoms with Crippen molar-refractivity contribution in [3.8, 4) is 11.8 Å². The van der Waals surface area contributed by atoms with E-state index in [4.69, 9.17) is 4.74 Å². The van der Waals surface area contributed by atoms with Crippen LogP contribution in [0, 0.1) is 22.7 Å². The molecule has 3 aromatic rings. The number of fused-ring (bicyclic) bond motifs is 1. The van der Waals surface area contributed by atoms with E-state index in [9.17, 15) is 10.1 Å². The van der Waals surface area contributed by atoms with E-state index in [1.807, 2.05) is 30.7 Å². The SMILES string of the molecule is CCc1ccc(O[C@@H](C)c2nnc(SCC(=O)Nc3sc4c(c3C#N)CC[C@H](C(C)(C)C)C4)n2C)cc1. The molecule has 196 valence electrons. The molecule has 2 heterocycles. The first-order chi connectivity index (χ1) is 17.6. The molecule has 9 heteroatoms. The lowest BCUT2D eigenvalue weighted by Crippen LogP contribution is -2.26. The summed E-state index contributed by atoms with van der Waals surface area (Å²) >= 11 is 2.88. The van der Waals surface area contributed by atoms with Gasteiger partial charge in [0.1, 0.15) is 16.8 Å². The van der Waals surface area contributed by atoms with Crippen LogP contribution in [0.2, 0.25) is 0 Å². The molecule has 0 spiro atoms. The zero-order chi connectivity index (χ0) is 26.7. The smallest absolute Gasteiger partial charge is 0.235 e. The van der Waals surface area contributed by atoms with E-state index in [0.717, 1.165) is 37.0 Å². The molecule has 7 nitrogen and oxygen atoms in total. The number of carbonyl (C=O) groups excluding carboxylic acids is 1. The Morgan fingerprint density at radius 2 is 2.05 bits per heavy atom. The van der Waals surface area contributed by atoms with Crippen molar-refractivity contribution in [2.45, 2.75) is 71.6 Å². The summed E-state index contributed by atoms with van der Waals surface area (Å²) in [5.74, 6) is 2.07. The van der Waals surface area contributed by atoms with Gasteiger partial charge in [-0.1, -0.05) is 51.6 Å². The fraction of sp³-hybridized carbons (Fsp3) is 0.500. The second kappa shape index (κ2) is 11.3. The summed E-state index contributed by atoms with van der Waals surface area (Å²) < 4.78 is 7.91. The molecule has 1 aliphatic carbocycles. The van der Waals surface area contributed by atoms with Crippen molar-refractivity contribution < 1.29 is 9.53 Å². The molecule has 4 rings (SSSR count). The van der Waals surface area contributed by atoms with Gasteiger partial charge in [0.2, 0.25) is 5.91 Å². The number of aryl methyl sites for hydroxylation is 1. The highest BCUT2D eigenvalue weighted by Crippen LogP contribution is 2.44. The van der Waals surface area contributed by atoms with Crippen molar-refractivity contribution >= 4 is 34.0 Å². The van der Waals surface area contributed by atoms with Crippen molar-refractivity contribution in [2.75, 3.05) is 11.1 Å². The minimum absolute atomic E-state index is 0.155. The van der Waals surface area contributed by atoms with Crippen molar-refractivity contribution in [1.82, 2.24) is 14.8 Å². The summed E-state index contributed by atoms with van der Waals surface area (Å²) in [6.07, 6.45) is 3.63. The van der Waals surface area contributed by atoms with Crippen LogP contribution in [0.3, 0.4) is 0 Å². The molecule has 1 amide bonds. The van der Waals surface area contributed by atoms with Crippen LogP contribution in [-0.2, 0) is 31.1 Å². The number of nitrogens with zero attached hydrogens (tertiary/aromatic N) is 4. The van der Waals surface area contributed by atoms with Crippen LogP contribution in [0.5, 0.6) is 5.75 Å². The van der Waals surface area contributed by atoms with Gasteiger partial charge < -0.3 is 14.6 Å². The number of benzene rings is 1. The normalized spacial score (nSPS) is 16.1. The van der Waals surface area contributed by atoms with Crippen LogP contribution >= 0.6 is 23.1 Å². The Balaban J connectivity index is 1.37. The van der Waals surface area contributed by atoms with Crippen LogP contribution in [0.15, 0.2) is 29.4 Å². The van der Waals surface area contributed by atoms with Gasteiger partial charge in [0.25, 0.3) is 0 Å². The van der Waals surface area contributed by atoms with E-state index in [0.29, 0.717) is 27.5 Å². The van der Waals surface area contributed by atoms with Gasteiger partial charge in [-0.05, 0) is 67.2 Å².